The highest BCUT2D eigenvalue weighted by atomic mass is 35.5. The fourth-order valence-electron chi connectivity index (χ4n) is 2.71. The minimum atomic E-state index is 0.166. The summed E-state index contributed by atoms with van der Waals surface area (Å²) in [5.41, 5.74) is 5.95. The van der Waals surface area contributed by atoms with Crippen molar-refractivity contribution >= 4 is 28.8 Å². The van der Waals surface area contributed by atoms with Gasteiger partial charge in [0.15, 0.2) is 0 Å². The zero-order chi connectivity index (χ0) is 15.4. The molecule has 0 saturated carbocycles. The summed E-state index contributed by atoms with van der Waals surface area (Å²) in [5.74, 6) is 0.765. The van der Waals surface area contributed by atoms with E-state index in [0.717, 1.165) is 35.1 Å². The average Bonchev–Trinajstić information content (AvgIpc) is 2.84. The van der Waals surface area contributed by atoms with E-state index in [1.54, 1.807) is 4.90 Å². The number of hydrogen-bond acceptors (Lipinski definition) is 4. The van der Waals surface area contributed by atoms with Crippen molar-refractivity contribution in [3.05, 3.63) is 21.3 Å². The molecule has 1 saturated heterocycles. The lowest BCUT2D eigenvalue weighted by molar-refractivity contribution is -0.132. The molecule has 1 aromatic heterocycles. The van der Waals surface area contributed by atoms with Gasteiger partial charge >= 0.3 is 0 Å². The van der Waals surface area contributed by atoms with Crippen LogP contribution in [0.2, 0.25) is 4.34 Å². The Bertz CT molecular complexity index is 469. The van der Waals surface area contributed by atoms with Gasteiger partial charge in [-0.25, -0.2) is 0 Å². The molecule has 4 nitrogen and oxygen atoms in total. The number of halogens is 1. The van der Waals surface area contributed by atoms with E-state index >= 15 is 0 Å². The van der Waals surface area contributed by atoms with Crippen molar-refractivity contribution in [2.24, 2.45) is 11.7 Å². The summed E-state index contributed by atoms with van der Waals surface area (Å²) in [5, 5.41) is 0. The Hall–Kier alpha value is -0.620. The van der Waals surface area contributed by atoms with Gasteiger partial charge < -0.3 is 10.6 Å². The predicted molar refractivity (Wildman–Crippen MR) is 88.6 cm³/mol. The summed E-state index contributed by atoms with van der Waals surface area (Å²) >= 11 is 7.44. The number of carbonyl (C=O) groups excluding carboxylic acids is 1. The molecule has 1 aromatic rings. The molecule has 118 valence electrons. The minimum absolute atomic E-state index is 0.166. The number of carbonyl (C=O) groups is 1. The number of hydrogen-bond donors (Lipinski definition) is 1. The van der Waals surface area contributed by atoms with Gasteiger partial charge in [0.2, 0.25) is 5.91 Å². The van der Waals surface area contributed by atoms with Crippen LogP contribution in [0.1, 0.15) is 24.6 Å². The van der Waals surface area contributed by atoms with E-state index in [1.807, 2.05) is 19.2 Å². The summed E-state index contributed by atoms with van der Waals surface area (Å²) in [6.45, 7) is 5.15. The summed E-state index contributed by atoms with van der Waals surface area (Å²) in [4.78, 5) is 17.4. The van der Waals surface area contributed by atoms with E-state index in [4.69, 9.17) is 17.3 Å². The topological polar surface area (TPSA) is 49.6 Å². The molecule has 1 unspecified atom stereocenters. The van der Waals surface area contributed by atoms with Crippen molar-refractivity contribution in [1.29, 1.82) is 0 Å². The molecule has 2 N–H and O–H groups in total. The van der Waals surface area contributed by atoms with Gasteiger partial charge in [-0.05, 0) is 50.9 Å². The number of piperidine rings is 1. The highest BCUT2D eigenvalue weighted by Gasteiger charge is 2.24. The first-order chi connectivity index (χ1) is 9.95. The maximum Gasteiger partial charge on any atom is 0.236 e. The lowest BCUT2D eigenvalue weighted by atomic mass is 9.91. The highest BCUT2D eigenvalue weighted by molar-refractivity contribution is 7.16. The highest BCUT2D eigenvalue weighted by Crippen LogP contribution is 2.23. The first kappa shape index (κ1) is 16.7. The van der Waals surface area contributed by atoms with Gasteiger partial charge in [0, 0.05) is 18.0 Å². The second-order valence-corrected chi connectivity index (χ2v) is 7.73. The Morgan fingerprint density at radius 1 is 1.52 bits per heavy atom. The van der Waals surface area contributed by atoms with Gasteiger partial charge in [0.25, 0.3) is 0 Å². The van der Waals surface area contributed by atoms with Gasteiger partial charge in [-0.2, -0.15) is 0 Å². The normalized spacial score (nSPS) is 18.7. The zero-order valence-electron chi connectivity index (χ0n) is 12.7. The fourth-order valence-corrected chi connectivity index (χ4v) is 3.85. The van der Waals surface area contributed by atoms with Crippen LogP contribution in [0.25, 0.3) is 0 Å². The second-order valence-electron chi connectivity index (χ2n) is 5.93. The van der Waals surface area contributed by atoms with Gasteiger partial charge in [-0.1, -0.05) is 11.6 Å². The monoisotopic (exact) mass is 329 g/mol. The first-order valence-electron chi connectivity index (χ1n) is 7.42. The molecule has 1 aliphatic rings. The van der Waals surface area contributed by atoms with E-state index in [0.29, 0.717) is 19.0 Å². The van der Waals surface area contributed by atoms with Crippen molar-refractivity contribution in [3.8, 4) is 0 Å². The Morgan fingerprint density at radius 3 is 2.71 bits per heavy atom. The van der Waals surface area contributed by atoms with Crippen LogP contribution >= 0.6 is 22.9 Å². The van der Waals surface area contributed by atoms with Crippen molar-refractivity contribution in [2.45, 2.75) is 32.4 Å². The first-order valence-corrected chi connectivity index (χ1v) is 8.61. The van der Waals surface area contributed by atoms with Crippen LogP contribution in [-0.4, -0.2) is 48.4 Å². The molecule has 0 radical (unpaired) electrons. The molecule has 2 heterocycles. The SMILES string of the molecule is CC(N)C1CCN(CC(=O)N(C)Cc2ccc(Cl)s2)CC1. The number of thiophene rings is 1. The van der Waals surface area contributed by atoms with E-state index in [1.165, 1.54) is 11.3 Å². The standard InChI is InChI=1S/C15H24ClN3OS/c1-11(17)12-5-7-19(8-6-12)10-15(20)18(2)9-13-3-4-14(16)21-13/h3-4,11-12H,5-10,17H2,1-2H3. The Balaban J connectivity index is 1.76. The number of likely N-dealkylation sites (N-methyl/N-ethyl adjacent to an activating group) is 1. The minimum Gasteiger partial charge on any atom is -0.340 e. The third-order valence-corrected chi connectivity index (χ3v) is 5.40. The third-order valence-electron chi connectivity index (χ3n) is 4.18. The van der Waals surface area contributed by atoms with E-state index in [2.05, 4.69) is 11.8 Å². The van der Waals surface area contributed by atoms with E-state index in [9.17, 15) is 4.79 Å². The van der Waals surface area contributed by atoms with Crippen LogP contribution in [0.15, 0.2) is 12.1 Å². The quantitative estimate of drug-likeness (QED) is 0.902. The number of rotatable bonds is 5. The smallest absolute Gasteiger partial charge is 0.236 e. The van der Waals surface area contributed by atoms with E-state index < -0.39 is 0 Å². The zero-order valence-corrected chi connectivity index (χ0v) is 14.3. The molecular weight excluding hydrogens is 306 g/mol. The summed E-state index contributed by atoms with van der Waals surface area (Å²) in [6.07, 6.45) is 2.18. The maximum absolute atomic E-state index is 12.3. The largest absolute Gasteiger partial charge is 0.340 e. The molecule has 6 heteroatoms. The summed E-state index contributed by atoms with van der Waals surface area (Å²) < 4.78 is 0.767. The Morgan fingerprint density at radius 2 is 2.19 bits per heavy atom. The molecule has 1 amide bonds. The van der Waals surface area contributed by atoms with Crippen LogP contribution in [-0.2, 0) is 11.3 Å². The van der Waals surface area contributed by atoms with E-state index in [-0.39, 0.29) is 11.9 Å². The molecule has 2 rings (SSSR count). The molecule has 1 fully saturated rings. The van der Waals surface area contributed by atoms with Gasteiger partial charge in [0.05, 0.1) is 17.4 Å². The van der Waals surface area contributed by atoms with Crippen molar-refractivity contribution in [2.75, 3.05) is 26.7 Å². The molecule has 0 spiro atoms. The lowest BCUT2D eigenvalue weighted by Crippen LogP contribution is -2.44. The van der Waals surface area contributed by atoms with Crippen LogP contribution in [0.4, 0.5) is 0 Å². The molecule has 0 aliphatic carbocycles. The number of likely N-dealkylation sites (tertiary alicyclic amines) is 1. The van der Waals surface area contributed by atoms with Crippen molar-refractivity contribution < 1.29 is 4.79 Å². The van der Waals surface area contributed by atoms with Gasteiger partial charge in [-0.3, -0.25) is 9.69 Å². The second kappa shape index (κ2) is 7.58. The van der Waals surface area contributed by atoms with Crippen LogP contribution in [0.5, 0.6) is 0 Å². The van der Waals surface area contributed by atoms with Crippen molar-refractivity contribution in [1.82, 2.24) is 9.80 Å². The molecule has 0 aromatic carbocycles. The fraction of sp³-hybridized carbons (Fsp3) is 0.667. The molecule has 0 bridgehead atoms. The number of amides is 1. The number of nitrogens with two attached hydrogens (primary N) is 1. The molecular formula is C15H24ClN3OS. The average molecular weight is 330 g/mol. The molecule has 1 atom stereocenters. The van der Waals surface area contributed by atoms with Crippen molar-refractivity contribution in [3.63, 3.8) is 0 Å². The van der Waals surface area contributed by atoms with Crippen LogP contribution in [0.3, 0.4) is 0 Å². The van der Waals surface area contributed by atoms with Crippen LogP contribution in [0, 0.1) is 5.92 Å². The summed E-state index contributed by atoms with van der Waals surface area (Å²) in [6, 6.07) is 4.11. The summed E-state index contributed by atoms with van der Waals surface area (Å²) in [7, 11) is 1.85. The Kier molecular flexibility index (Phi) is 6.05. The predicted octanol–water partition coefficient (Wildman–Crippen LogP) is 2.42. The third kappa shape index (κ3) is 4.95. The lowest BCUT2D eigenvalue weighted by Gasteiger charge is -2.34. The van der Waals surface area contributed by atoms with Crippen LogP contribution < -0.4 is 5.73 Å². The van der Waals surface area contributed by atoms with Gasteiger partial charge in [0.1, 0.15) is 0 Å². The molecule has 21 heavy (non-hydrogen) atoms. The van der Waals surface area contributed by atoms with Gasteiger partial charge in [-0.15, -0.1) is 11.3 Å². The number of nitrogens with zero attached hydrogens (tertiary/aromatic N) is 2. The molecule has 1 aliphatic heterocycles. The maximum atomic E-state index is 12.3. The Labute approximate surface area is 135 Å².